The molecule has 0 aromatic rings. The van der Waals surface area contributed by atoms with Crippen LogP contribution >= 0.6 is 11.8 Å². The van der Waals surface area contributed by atoms with Crippen molar-refractivity contribution in [3.63, 3.8) is 0 Å². The maximum absolute atomic E-state index is 12.6. The molecule has 4 nitrogen and oxygen atoms in total. The Morgan fingerprint density at radius 1 is 1.35 bits per heavy atom. The van der Waals surface area contributed by atoms with Gasteiger partial charge in [0.2, 0.25) is 11.8 Å². The van der Waals surface area contributed by atoms with Crippen LogP contribution in [0.4, 0.5) is 0 Å². The third-order valence-electron chi connectivity index (χ3n) is 3.59. The zero-order valence-corrected chi connectivity index (χ0v) is 14.0. The molecule has 0 aliphatic carbocycles. The molecule has 2 atom stereocenters. The zero-order chi connectivity index (χ0) is 15.1. The smallest absolute Gasteiger partial charge is 0.245 e. The second-order valence-corrected chi connectivity index (χ2v) is 6.86. The predicted molar refractivity (Wildman–Crippen MR) is 84.8 cm³/mol. The second kappa shape index (κ2) is 8.55. The molecule has 1 aliphatic heterocycles. The van der Waals surface area contributed by atoms with E-state index < -0.39 is 0 Å². The van der Waals surface area contributed by atoms with E-state index in [1.807, 2.05) is 4.90 Å². The standard InChI is InChI=1S/C15H28N2O2S/c1-5-7-13-14(18)16-12(10-11(2)3)15(19)17(13)8-6-9-20-4/h11-13H,5-10H2,1-4H3,(H,16,18). The fourth-order valence-electron chi connectivity index (χ4n) is 2.66. The first-order chi connectivity index (χ1) is 9.51. The topological polar surface area (TPSA) is 49.4 Å². The highest BCUT2D eigenvalue weighted by atomic mass is 32.2. The Kier molecular flexibility index (Phi) is 7.41. The molecule has 0 spiro atoms. The number of carbonyl (C=O) groups excluding carboxylic acids is 2. The van der Waals surface area contributed by atoms with Crippen LogP contribution in [0.5, 0.6) is 0 Å². The van der Waals surface area contributed by atoms with Crippen LogP contribution in [-0.2, 0) is 9.59 Å². The van der Waals surface area contributed by atoms with E-state index in [0.29, 0.717) is 12.5 Å². The summed E-state index contributed by atoms with van der Waals surface area (Å²) in [4.78, 5) is 26.7. The van der Waals surface area contributed by atoms with Crippen LogP contribution in [0.25, 0.3) is 0 Å². The molecule has 1 saturated heterocycles. The first kappa shape index (κ1) is 17.3. The van der Waals surface area contributed by atoms with Crippen molar-refractivity contribution in [1.82, 2.24) is 10.2 Å². The van der Waals surface area contributed by atoms with Crippen molar-refractivity contribution in [1.29, 1.82) is 0 Å². The van der Waals surface area contributed by atoms with Gasteiger partial charge in [-0.05, 0) is 37.2 Å². The van der Waals surface area contributed by atoms with E-state index in [1.54, 1.807) is 11.8 Å². The van der Waals surface area contributed by atoms with E-state index in [9.17, 15) is 9.59 Å². The molecular weight excluding hydrogens is 272 g/mol. The fourth-order valence-corrected chi connectivity index (χ4v) is 3.08. The van der Waals surface area contributed by atoms with E-state index in [4.69, 9.17) is 0 Å². The van der Waals surface area contributed by atoms with Gasteiger partial charge >= 0.3 is 0 Å². The molecule has 0 aromatic heterocycles. The number of hydrogen-bond donors (Lipinski definition) is 1. The lowest BCUT2D eigenvalue weighted by molar-refractivity contribution is -0.150. The average Bonchev–Trinajstić information content (AvgIpc) is 2.38. The molecule has 0 aromatic carbocycles. The summed E-state index contributed by atoms with van der Waals surface area (Å²) in [6.07, 6.45) is 5.41. The summed E-state index contributed by atoms with van der Waals surface area (Å²) in [5.74, 6) is 1.57. The van der Waals surface area contributed by atoms with E-state index in [2.05, 4.69) is 32.3 Å². The second-order valence-electron chi connectivity index (χ2n) is 5.87. The first-order valence-electron chi connectivity index (χ1n) is 7.61. The number of thioether (sulfide) groups is 1. The van der Waals surface area contributed by atoms with E-state index in [0.717, 1.165) is 31.4 Å². The van der Waals surface area contributed by atoms with Crippen LogP contribution in [0.15, 0.2) is 0 Å². The van der Waals surface area contributed by atoms with Gasteiger partial charge in [0.05, 0.1) is 0 Å². The minimum atomic E-state index is -0.329. The van der Waals surface area contributed by atoms with Gasteiger partial charge in [0.25, 0.3) is 0 Å². The Balaban J connectivity index is 2.77. The molecule has 1 N–H and O–H groups in total. The lowest BCUT2D eigenvalue weighted by Gasteiger charge is -2.39. The highest BCUT2D eigenvalue weighted by Gasteiger charge is 2.39. The molecule has 1 rings (SSSR count). The van der Waals surface area contributed by atoms with Gasteiger partial charge in [-0.3, -0.25) is 9.59 Å². The minimum Gasteiger partial charge on any atom is -0.342 e. The molecule has 1 fully saturated rings. The molecule has 116 valence electrons. The summed E-state index contributed by atoms with van der Waals surface area (Å²) >= 11 is 1.78. The van der Waals surface area contributed by atoms with Crippen molar-refractivity contribution in [2.45, 2.75) is 58.5 Å². The molecule has 1 heterocycles. The van der Waals surface area contributed by atoms with Crippen LogP contribution in [0, 0.1) is 5.92 Å². The van der Waals surface area contributed by atoms with Gasteiger partial charge in [-0.25, -0.2) is 0 Å². The Morgan fingerprint density at radius 3 is 2.60 bits per heavy atom. The molecule has 0 bridgehead atoms. The van der Waals surface area contributed by atoms with Gasteiger partial charge in [-0.15, -0.1) is 0 Å². The summed E-state index contributed by atoms with van der Waals surface area (Å²) in [6, 6.07) is -0.595. The highest BCUT2D eigenvalue weighted by Crippen LogP contribution is 2.19. The van der Waals surface area contributed by atoms with Gasteiger partial charge < -0.3 is 10.2 Å². The number of piperazine rings is 1. The average molecular weight is 300 g/mol. The number of nitrogens with zero attached hydrogens (tertiary/aromatic N) is 1. The van der Waals surface area contributed by atoms with Crippen molar-refractivity contribution in [3.05, 3.63) is 0 Å². The molecule has 1 aliphatic rings. The van der Waals surface area contributed by atoms with Crippen LogP contribution in [0.2, 0.25) is 0 Å². The largest absolute Gasteiger partial charge is 0.342 e. The predicted octanol–water partition coefficient (Wildman–Crippen LogP) is 2.28. The lowest BCUT2D eigenvalue weighted by atomic mass is 9.97. The summed E-state index contributed by atoms with van der Waals surface area (Å²) in [5.41, 5.74) is 0. The first-order valence-corrected chi connectivity index (χ1v) is 9.00. The van der Waals surface area contributed by atoms with Gasteiger partial charge in [-0.1, -0.05) is 27.2 Å². The van der Waals surface area contributed by atoms with Crippen LogP contribution in [0.3, 0.4) is 0 Å². The molecular formula is C15H28N2O2S. The Morgan fingerprint density at radius 2 is 2.05 bits per heavy atom. The van der Waals surface area contributed by atoms with Crippen molar-refractivity contribution < 1.29 is 9.59 Å². The Labute approximate surface area is 127 Å². The SMILES string of the molecule is CCCC1C(=O)NC(CC(C)C)C(=O)N1CCCSC. The van der Waals surface area contributed by atoms with E-state index in [-0.39, 0.29) is 23.9 Å². The van der Waals surface area contributed by atoms with Crippen LogP contribution in [-0.4, -0.2) is 47.4 Å². The summed E-state index contributed by atoms with van der Waals surface area (Å²) in [5, 5.41) is 2.92. The van der Waals surface area contributed by atoms with E-state index in [1.165, 1.54) is 0 Å². The van der Waals surface area contributed by atoms with Crippen LogP contribution < -0.4 is 5.32 Å². The number of rotatable bonds is 8. The fraction of sp³-hybridized carbons (Fsp3) is 0.867. The maximum atomic E-state index is 12.6. The van der Waals surface area contributed by atoms with Crippen LogP contribution in [0.1, 0.15) is 46.5 Å². The lowest BCUT2D eigenvalue weighted by Crippen LogP contribution is -2.63. The van der Waals surface area contributed by atoms with E-state index >= 15 is 0 Å². The number of amides is 2. The Hall–Kier alpha value is -0.710. The molecule has 2 amide bonds. The number of nitrogens with one attached hydrogen (secondary N) is 1. The third kappa shape index (κ3) is 4.69. The quantitative estimate of drug-likeness (QED) is 0.700. The maximum Gasteiger partial charge on any atom is 0.245 e. The summed E-state index contributed by atoms with van der Waals surface area (Å²) in [6.45, 7) is 6.91. The highest BCUT2D eigenvalue weighted by molar-refractivity contribution is 7.98. The molecule has 0 saturated carbocycles. The van der Waals surface area contributed by atoms with Gasteiger partial charge in [-0.2, -0.15) is 11.8 Å². The monoisotopic (exact) mass is 300 g/mol. The third-order valence-corrected chi connectivity index (χ3v) is 4.29. The van der Waals surface area contributed by atoms with Gasteiger partial charge in [0, 0.05) is 6.54 Å². The molecule has 0 radical (unpaired) electrons. The van der Waals surface area contributed by atoms with Crippen molar-refractivity contribution in [2.24, 2.45) is 5.92 Å². The minimum absolute atomic E-state index is 0.0289. The van der Waals surface area contributed by atoms with Crippen molar-refractivity contribution in [3.8, 4) is 0 Å². The summed E-state index contributed by atoms with van der Waals surface area (Å²) in [7, 11) is 0. The molecule has 2 unspecified atom stereocenters. The summed E-state index contributed by atoms with van der Waals surface area (Å²) < 4.78 is 0. The molecule has 5 heteroatoms. The zero-order valence-electron chi connectivity index (χ0n) is 13.1. The molecule has 20 heavy (non-hydrogen) atoms. The number of hydrogen-bond acceptors (Lipinski definition) is 3. The van der Waals surface area contributed by atoms with Crippen molar-refractivity contribution in [2.75, 3.05) is 18.6 Å². The normalized spacial score (nSPS) is 23.4. The Bertz CT molecular complexity index is 334. The van der Waals surface area contributed by atoms with Gasteiger partial charge in [0.1, 0.15) is 12.1 Å². The van der Waals surface area contributed by atoms with Gasteiger partial charge in [0.15, 0.2) is 0 Å². The van der Waals surface area contributed by atoms with Crippen molar-refractivity contribution >= 4 is 23.6 Å². The number of carbonyl (C=O) groups is 2.